The third-order valence-electron chi connectivity index (χ3n) is 5.00. The van der Waals surface area contributed by atoms with E-state index in [1.165, 1.54) is 17.7 Å². The minimum atomic E-state index is -0.878. The first-order chi connectivity index (χ1) is 10.9. The van der Waals surface area contributed by atoms with E-state index in [1.807, 2.05) is 0 Å². The van der Waals surface area contributed by atoms with Crippen molar-refractivity contribution < 1.29 is 9.90 Å². The molecule has 1 unspecified atom stereocenters. The fraction of sp³-hybridized carbons (Fsp3) is 0.632. The molecule has 2 atom stereocenters. The highest BCUT2D eigenvalue weighted by Crippen LogP contribution is 2.30. The molecule has 0 saturated heterocycles. The first kappa shape index (κ1) is 17.8. The Morgan fingerprint density at radius 1 is 1.48 bits per heavy atom. The number of hydrogen-bond donors (Lipinski definition) is 2. The third-order valence-corrected chi connectivity index (χ3v) is 5.00. The van der Waals surface area contributed by atoms with Crippen LogP contribution in [0.4, 0.5) is 5.69 Å². The summed E-state index contributed by atoms with van der Waals surface area (Å²) in [6.45, 7) is 7.02. The molecule has 0 spiro atoms. The highest BCUT2D eigenvalue weighted by Gasteiger charge is 2.33. The normalized spacial score (nSPS) is 18.2. The highest BCUT2D eigenvalue weighted by molar-refractivity contribution is 5.78. The molecule has 0 bridgehead atoms. The first-order valence-corrected chi connectivity index (χ1v) is 8.72. The average Bonchev–Trinajstić information content (AvgIpc) is 2.53. The van der Waals surface area contributed by atoms with E-state index in [0.29, 0.717) is 6.42 Å². The summed E-state index contributed by atoms with van der Waals surface area (Å²) in [5, 5.41) is 13.0. The first-order valence-electron chi connectivity index (χ1n) is 8.72. The van der Waals surface area contributed by atoms with Gasteiger partial charge in [-0.3, -0.25) is 10.1 Å². The van der Waals surface area contributed by atoms with Gasteiger partial charge in [0.15, 0.2) is 0 Å². The van der Waals surface area contributed by atoms with Gasteiger partial charge in [0.05, 0.1) is 0 Å². The molecule has 2 N–H and O–H groups in total. The lowest BCUT2D eigenvalue weighted by molar-refractivity contribution is -0.144. The van der Waals surface area contributed by atoms with Crippen LogP contribution in [0.1, 0.15) is 63.6 Å². The topological polar surface area (TPSA) is 52.6 Å². The number of unbranched alkanes of at least 4 members (excludes halogenated alkanes) is 1. The number of fused-ring (bicyclic) bond motifs is 1. The van der Waals surface area contributed by atoms with Crippen molar-refractivity contribution in [3.63, 3.8) is 0 Å². The Hall–Kier alpha value is -1.55. The summed E-state index contributed by atoms with van der Waals surface area (Å²) in [4.78, 5) is 14.0. The average molecular weight is 318 g/mol. The van der Waals surface area contributed by atoms with Gasteiger partial charge in [-0.05, 0) is 50.3 Å². The molecule has 4 nitrogen and oxygen atoms in total. The molecule has 23 heavy (non-hydrogen) atoms. The minimum Gasteiger partial charge on any atom is -0.480 e. The molecule has 4 heteroatoms. The van der Waals surface area contributed by atoms with Crippen molar-refractivity contribution in [3.8, 4) is 0 Å². The maximum atomic E-state index is 11.7. The number of anilines is 1. The summed E-state index contributed by atoms with van der Waals surface area (Å²) >= 11 is 0. The maximum absolute atomic E-state index is 11.7. The molecular formula is C19H30N2O2. The van der Waals surface area contributed by atoms with Gasteiger partial charge in [0.25, 0.3) is 0 Å². The van der Waals surface area contributed by atoms with E-state index in [4.69, 9.17) is 0 Å². The number of carboxylic acids is 1. The summed E-state index contributed by atoms with van der Waals surface area (Å²) in [6, 6.07) is 6.56. The Bertz CT molecular complexity index is 558. The Balaban J connectivity index is 2.17. The zero-order valence-corrected chi connectivity index (χ0v) is 14.9. The lowest BCUT2D eigenvalue weighted by Gasteiger charge is -2.32. The summed E-state index contributed by atoms with van der Waals surface area (Å²) in [7, 11) is 2.13. The molecule has 1 aliphatic rings. The predicted molar refractivity (Wildman–Crippen MR) is 95.1 cm³/mol. The summed E-state index contributed by atoms with van der Waals surface area (Å²) in [5.41, 5.74) is 2.95. The molecule has 0 amide bonds. The van der Waals surface area contributed by atoms with Crippen molar-refractivity contribution in [2.24, 2.45) is 0 Å². The van der Waals surface area contributed by atoms with Crippen molar-refractivity contribution in [3.05, 3.63) is 29.3 Å². The fourth-order valence-corrected chi connectivity index (χ4v) is 3.38. The number of aliphatic carboxylic acids is 1. The zero-order chi connectivity index (χ0) is 17.0. The van der Waals surface area contributed by atoms with Gasteiger partial charge in [-0.25, -0.2) is 0 Å². The Labute approximate surface area is 139 Å². The highest BCUT2D eigenvalue weighted by atomic mass is 16.4. The maximum Gasteiger partial charge on any atom is 0.323 e. The molecule has 0 aliphatic carbocycles. The fourth-order valence-electron chi connectivity index (χ4n) is 3.38. The van der Waals surface area contributed by atoms with Crippen LogP contribution in [0, 0.1) is 0 Å². The van der Waals surface area contributed by atoms with Gasteiger partial charge >= 0.3 is 5.97 Å². The number of nitrogens with one attached hydrogen (secondary N) is 1. The molecule has 0 aromatic heterocycles. The largest absolute Gasteiger partial charge is 0.480 e. The molecule has 1 heterocycles. The van der Waals surface area contributed by atoms with Crippen molar-refractivity contribution in [2.45, 2.75) is 64.5 Å². The number of carbonyl (C=O) groups is 1. The van der Waals surface area contributed by atoms with Crippen LogP contribution < -0.4 is 10.2 Å². The molecule has 0 radical (unpaired) electrons. The Kier molecular flexibility index (Phi) is 5.69. The second-order valence-corrected chi connectivity index (χ2v) is 7.02. The van der Waals surface area contributed by atoms with Crippen molar-refractivity contribution in [1.29, 1.82) is 0 Å². The molecule has 1 aliphatic heterocycles. The zero-order valence-electron chi connectivity index (χ0n) is 14.9. The van der Waals surface area contributed by atoms with Gasteiger partial charge in [0.2, 0.25) is 0 Å². The molecule has 2 rings (SSSR count). The van der Waals surface area contributed by atoms with E-state index in [2.05, 4.69) is 49.3 Å². The Morgan fingerprint density at radius 2 is 2.22 bits per heavy atom. The van der Waals surface area contributed by atoms with Crippen LogP contribution in [0.25, 0.3) is 0 Å². The summed E-state index contributed by atoms with van der Waals surface area (Å²) < 4.78 is 0. The molecule has 0 saturated carbocycles. The summed E-state index contributed by atoms with van der Waals surface area (Å²) in [5.74, 6) is -0.770. The Morgan fingerprint density at radius 3 is 2.87 bits per heavy atom. The minimum absolute atomic E-state index is 0.00795. The number of benzene rings is 1. The van der Waals surface area contributed by atoms with Gasteiger partial charge in [-0.15, -0.1) is 0 Å². The van der Waals surface area contributed by atoms with Crippen molar-refractivity contribution in [1.82, 2.24) is 5.32 Å². The van der Waals surface area contributed by atoms with Crippen LogP contribution >= 0.6 is 0 Å². The van der Waals surface area contributed by atoms with Crippen LogP contribution in [0.3, 0.4) is 0 Å². The van der Waals surface area contributed by atoms with E-state index >= 15 is 0 Å². The lowest BCUT2D eigenvalue weighted by atomic mass is 9.92. The standard InChI is InChI=1S/C19H30N2O2/c1-5-6-11-19(3,18(22)23)20-14(2)16-10-9-15-8-7-12-21(4)17(15)13-16/h9-10,13-14,20H,5-8,11-12H2,1-4H3,(H,22,23)/t14-,19?/m1/s1. The van der Waals surface area contributed by atoms with E-state index in [9.17, 15) is 9.90 Å². The third kappa shape index (κ3) is 4.05. The van der Waals surface area contributed by atoms with Crippen LogP contribution in [0.15, 0.2) is 18.2 Å². The van der Waals surface area contributed by atoms with Crippen LogP contribution in [-0.2, 0) is 11.2 Å². The SMILES string of the molecule is CCCCC(C)(N[C@H](C)c1ccc2c(c1)N(C)CCC2)C(=O)O. The summed E-state index contributed by atoms with van der Waals surface area (Å²) in [6.07, 6.45) is 4.89. The number of rotatable bonds is 7. The lowest BCUT2D eigenvalue weighted by Crippen LogP contribution is -2.50. The van der Waals surface area contributed by atoms with Gasteiger partial charge in [-0.1, -0.05) is 31.9 Å². The monoisotopic (exact) mass is 318 g/mol. The number of nitrogens with zero attached hydrogens (tertiary/aromatic N) is 1. The van der Waals surface area contributed by atoms with Crippen LogP contribution in [0.2, 0.25) is 0 Å². The van der Waals surface area contributed by atoms with Gasteiger partial charge < -0.3 is 10.0 Å². The second-order valence-electron chi connectivity index (χ2n) is 7.02. The van der Waals surface area contributed by atoms with E-state index < -0.39 is 11.5 Å². The smallest absolute Gasteiger partial charge is 0.323 e. The van der Waals surface area contributed by atoms with Gasteiger partial charge in [0.1, 0.15) is 5.54 Å². The van der Waals surface area contributed by atoms with E-state index in [1.54, 1.807) is 6.92 Å². The molecular weight excluding hydrogens is 288 g/mol. The van der Waals surface area contributed by atoms with Crippen molar-refractivity contribution >= 4 is 11.7 Å². The van der Waals surface area contributed by atoms with E-state index in [0.717, 1.165) is 31.4 Å². The van der Waals surface area contributed by atoms with Gasteiger partial charge in [0, 0.05) is 25.3 Å². The molecule has 1 aromatic rings. The van der Waals surface area contributed by atoms with Crippen LogP contribution in [0.5, 0.6) is 0 Å². The predicted octanol–water partition coefficient (Wildman–Crippen LogP) is 3.75. The van der Waals surface area contributed by atoms with Gasteiger partial charge in [-0.2, -0.15) is 0 Å². The van der Waals surface area contributed by atoms with Crippen LogP contribution in [-0.4, -0.2) is 30.2 Å². The quantitative estimate of drug-likeness (QED) is 0.804. The molecule has 1 aromatic carbocycles. The number of hydrogen-bond acceptors (Lipinski definition) is 3. The van der Waals surface area contributed by atoms with Crippen molar-refractivity contribution in [2.75, 3.05) is 18.5 Å². The number of aryl methyl sites for hydroxylation is 1. The number of carboxylic acid groups (broad SMARTS) is 1. The second kappa shape index (κ2) is 7.35. The molecule has 128 valence electrons. The van der Waals surface area contributed by atoms with E-state index in [-0.39, 0.29) is 6.04 Å². The molecule has 0 fully saturated rings.